The van der Waals surface area contributed by atoms with Crippen molar-refractivity contribution < 1.29 is 14.2 Å². The van der Waals surface area contributed by atoms with Gasteiger partial charge in [-0.1, -0.05) is 0 Å². The van der Waals surface area contributed by atoms with Crippen molar-refractivity contribution in [1.82, 2.24) is 5.32 Å². The van der Waals surface area contributed by atoms with Crippen molar-refractivity contribution in [2.24, 2.45) is 0 Å². The second kappa shape index (κ2) is 4.80. The van der Waals surface area contributed by atoms with Gasteiger partial charge < -0.3 is 15.2 Å². The van der Waals surface area contributed by atoms with Gasteiger partial charge in [0.1, 0.15) is 23.8 Å². The fourth-order valence-corrected chi connectivity index (χ4v) is 1.82. The number of ether oxygens (including phenoxy) is 1. The smallest absolute Gasteiger partial charge is 0.123 e. The van der Waals surface area contributed by atoms with E-state index in [9.17, 15) is 9.50 Å². The van der Waals surface area contributed by atoms with Gasteiger partial charge in [-0.05, 0) is 43.7 Å². The molecule has 0 aromatic heterocycles. The SMILES string of the molecule is OC1(COc2ccc(F)cc2)CCCNC1. The maximum atomic E-state index is 12.6. The van der Waals surface area contributed by atoms with E-state index in [0.29, 0.717) is 12.3 Å². The fraction of sp³-hybridized carbons (Fsp3) is 0.500. The number of hydrogen-bond acceptors (Lipinski definition) is 3. The lowest BCUT2D eigenvalue weighted by atomic mass is 9.95. The maximum Gasteiger partial charge on any atom is 0.123 e. The van der Waals surface area contributed by atoms with Crippen molar-refractivity contribution in [1.29, 1.82) is 0 Å². The molecule has 16 heavy (non-hydrogen) atoms. The second-order valence-corrected chi connectivity index (χ2v) is 4.25. The highest BCUT2D eigenvalue weighted by Crippen LogP contribution is 2.18. The van der Waals surface area contributed by atoms with Crippen molar-refractivity contribution in [3.05, 3.63) is 30.1 Å². The van der Waals surface area contributed by atoms with Gasteiger partial charge in [0.15, 0.2) is 0 Å². The number of aliphatic hydroxyl groups is 1. The highest BCUT2D eigenvalue weighted by molar-refractivity contribution is 5.22. The highest BCUT2D eigenvalue weighted by Gasteiger charge is 2.29. The average Bonchev–Trinajstić information content (AvgIpc) is 2.29. The summed E-state index contributed by atoms with van der Waals surface area (Å²) in [7, 11) is 0. The van der Waals surface area contributed by atoms with Crippen LogP contribution in [-0.4, -0.2) is 30.4 Å². The summed E-state index contributed by atoms with van der Waals surface area (Å²) >= 11 is 0. The van der Waals surface area contributed by atoms with Crippen LogP contribution >= 0.6 is 0 Å². The summed E-state index contributed by atoms with van der Waals surface area (Å²) in [5.74, 6) is 0.297. The number of hydrogen-bond donors (Lipinski definition) is 2. The van der Waals surface area contributed by atoms with Crippen LogP contribution in [0.4, 0.5) is 4.39 Å². The van der Waals surface area contributed by atoms with Gasteiger partial charge in [-0.3, -0.25) is 0 Å². The molecule has 1 unspecified atom stereocenters. The van der Waals surface area contributed by atoms with Crippen molar-refractivity contribution in [2.75, 3.05) is 19.7 Å². The molecule has 0 aliphatic carbocycles. The zero-order valence-corrected chi connectivity index (χ0v) is 9.08. The van der Waals surface area contributed by atoms with Gasteiger partial charge in [0.05, 0.1) is 0 Å². The van der Waals surface area contributed by atoms with Gasteiger partial charge in [0.2, 0.25) is 0 Å². The van der Waals surface area contributed by atoms with E-state index in [0.717, 1.165) is 19.4 Å². The van der Waals surface area contributed by atoms with E-state index in [4.69, 9.17) is 4.74 Å². The Kier molecular flexibility index (Phi) is 3.41. The zero-order valence-electron chi connectivity index (χ0n) is 9.08. The van der Waals surface area contributed by atoms with Crippen molar-refractivity contribution in [2.45, 2.75) is 18.4 Å². The predicted octanol–water partition coefficient (Wildman–Crippen LogP) is 1.32. The van der Waals surface area contributed by atoms with E-state index in [2.05, 4.69) is 5.32 Å². The molecule has 1 aliphatic rings. The van der Waals surface area contributed by atoms with Gasteiger partial charge in [-0.15, -0.1) is 0 Å². The van der Waals surface area contributed by atoms with Crippen molar-refractivity contribution in [3.8, 4) is 5.75 Å². The van der Waals surface area contributed by atoms with E-state index in [1.54, 1.807) is 12.1 Å². The van der Waals surface area contributed by atoms with Gasteiger partial charge in [-0.25, -0.2) is 4.39 Å². The Bertz CT molecular complexity index is 333. The standard InChI is InChI=1S/C12H16FNO2/c13-10-2-4-11(5-3-10)16-9-12(15)6-1-7-14-8-12/h2-5,14-15H,1,6-9H2. The molecule has 1 saturated heterocycles. The Hall–Kier alpha value is -1.13. The molecule has 88 valence electrons. The summed E-state index contributed by atoms with van der Waals surface area (Å²) in [6, 6.07) is 5.82. The molecule has 0 saturated carbocycles. The Labute approximate surface area is 94.2 Å². The van der Waals surface area contributed by atoms with Crippen LogP contribution in [0.3, 0.4) is 0 Å². The number of nitrogens with one attached hydrogen (secondary N) is 1. The number of benzene rings is 1. The quantitative estimate of drug-likeness (QED) is 0.815. The Morgan fingerprint density at radius 1 is 1.38 bits per heavy atom. The molecule has 3 nitrogen and oxygen atoms in total. The molecule has 1 aromatic carbocycles. The van der Waals surface area contributed by atoms with Gasteiger partial charge in [0.25, 0.3) is 0 Å². The molecule has 1 atom stereocenters. The molecule has 0 radical (unpaired) electrons. The van der Waals surface area contributed by atoms with Gasteiger partial charge in [-0.2, -0.15) is 0 Å². The summed E-state index contributed by atoms with van der Waals surface area (Å²) in [5, 5.41) is 13.3. The van der Waals surface area contributed by atoms with E-state index in [1.165, 1.54) is 12.1 Å². The summed E-state index contributed by atoms with van der Waals surface area (Å²) in [4.78, 5) is 0. The first-order valence-electron chi connectivity index (χ1n) is 5.49. The predicted molar refractivity (Wildman–Crippen MR) is 58.9 cm³/mol. The average molecular weight is 225 g/mol. The third-order valence-electron chi connectivity index (χ3n) is 2.77. The molecule has 1 heterocycles. The van der Waals surface area contributed by atoms with Gasteiger partial charge >= 0.3 is 0 Å². The van der Waals surface area contributed by atoms with Crippen LogP contribution in [-0.2, 0) is 0 Å². The van der Waals surface area contributed by atoms with Crippen LogP contribution in [0.2, 0.25) is 0 Å². The Balaban J connectivity index is 1.88. The van der Waals surface area contributed by atoms with Crippen molar-refractivity contribution in [3.63, 3.8) is 0 Å². The van der Waals surface area contributed by atoms with E-state index >= 15 is 0 Å². The minimum Gasteiger partial charge on any atom is -0.491 e. The molecule has 0 amide bonds. The van der Waals surface area contributed by atoms with Crippen LogP contribution in [0.15, 0.2) is 24.3 Å². The molecule has 4 heteroatoms. The lowest BCUT2D eigenvalue weighted by Crippen LogP contribution is -2.49. The maximum absolute atomic E-state index is 12.6. The summed E-state index contributed by atoms with van der Waals surface area (Å²) < 4.78 is 18.1. The Morgan fingerprint density at radius 2 is 2.12 bits per heavy atom. The van der Waals surface area contributed by atoms with Crippen LogP contribution < -0.4 is 10.1 Å². The summed E-state index contributed by atoms with van der Waals surface area (Å²) in [6.07, 6.45) is 1.68. The van der Waals surface area contributed by atoms with Crippen LogP contribution in [0.1, 0.15) is 12.8 Å². The second-order valence-electron chi connectivity index (χ2n) is 4.25. The summed E-state index contributed by atoms with van der Waals surface area (Å²) in [6.45, 7) is 1.73. The Morgan fingerprint density at radius 3 is 2.75 bits per heavy atom. The molecule has 1 fully saturated rings. The van der Waals surface area contributed by atoms with E-state index < -0.39 is 5.60 Å². The molecule has 2 N–H and O–H groups in total. The van der Waals surface area contributed by atoms with Crippen molar-refractivity contribution >= 4 is 0 Å². The normalized spacial score (nSPS) is 25.4. The molecule has 2 rings (SSSR count). The number of β-amino-alcohol motifs (C(OH)–C–C–N with tert-alkyl or cyclic N) is 1. The number of rotatable bonds is 3. The molecular weight excluding hydrogens is 209 g/mol. The molecule has 0 bridgehead atoms. The minimum atomic E-state index is -0.799. The van der Waals surface area contributed by atoms with Crippen LogP contribution in [0, 0.1) is 5.82 Å². The summed E-state index contributed by atoms with van der Waals surface area (Å²) in [5.41, 5.74) is -0.799. The first-order valence-corrected chi connectivity index (χ1v) is 5.49. The fourth-order valence-electron chi connectivity index (χ4n) is 1.82. The highest BCUT2D eigenvalue weighted by atomic mass is 19.1. The van der Waals surface area contributed by atoms with E-state index in [1.807, 2.05) is 0 Å². The topological polar surface area (TPSA) is 41.5 Å². The minimum absolute atomic E-state index is 0.242. The van der Waals surface area contributed by atoms with Crippen LogP contribution in [0.5, 0.6) is 5.75 Å². The molecule has 0 spiro atoms. The lowest BCUT2D eigenvalue weighted by Gasteiger charge is -2.32. The molecule has 1 aromatic rings. The third kappa shape index (κ3) is 2.93. The van der Waals surface area contributed by atoms with Crippen LogP contribution in [0.25, 0.3) is 0 Å². The zero-order chi connectivity index (χ0) is 11.4. The molecular formula is C12H16FNO2. The first-order chi connectivity index (χ1) is 7.68. The van der Waals surface area contributed by atoms with Gasteiger partial charge in [0, 0.05) is 6.54 Å². The largest absolute Gasteiger partial charge is 0.491 e. The van der Waals surface area contributed by atoms with E-state index in [-0.39, 0.29) is 12.4 Å². The molecule has 1 aliphatic heterocycles. The third-order valence-corrected chi connectivity index (χ3v) is 2.77. The first kappa shape index (κ1) is 11.4. The monoisotopic (exact) mass is 225 g/mol. The number of halogens is 1. The lowest BCUT2D eigenvalue weighted by molar-refractivity contribution is -0.0230. The number of piperidine rings is 1.